The maximum atomic E-state index is 10.8. The topological polar surface area (TPSA) is 46.5 Å². The highest BCUT2D eigenvalue weighted by Gasteiger charge is 2.00. The van der Waals surface area contributed by atoms with Gasteiger partial charge in [-0.05, 0) is 29.8 Å². The summed E-state index contributed by atoms with van der Waals surface area (Å²) in [6.07, 6.45) is 1.74. The van der Waals surface area contributed by atoms with E-state index in [1.54, 1.807) is 42.5 Å². The summed E-state index contributed by atoms with van der Waals surface area (Å²) in [5.41, 5.74) is 1.61. The van der Waals surface area contributed by atoms with Crippen molar-refractivity contribution in [3.63, 3.8) is 0 Å². The van der Waals surface area contributed by atoms with Crippen molar-refractivity contribution in [1.82, 2.24) is 0 Å². The zero-order valence-corrected chi connectivity index (χ0v) is 10.7. The number of phenols is 1. The smallest absolute Gasteiger partial charge is 0.337 e. The standard InChI is InChI=1S/C8H8O2.C8H8O/c1-10-8(9)7-5-3-2-4-6-7;1-2-7-3-5-8(9)6-4-7/h2-6H,1H3;2-6,9H,1H2. The van der Waals surface area contributed by atoms with Crippen LogP contribution in [0.25, 0.3) is 6.08 Å². The molecule has 2 aromatic carbocycles. The summed E-state index contributed by atoms with van der Waals surface area (Å²) < 4.78 is 4.50. The van der Waals surface area contributed by atoms with E-state index in [4.69, 9.17) is 5.11 Å². The van der Waals surface area contributed by atoms with Crippen molar-refractivity contribution in [1.29, 1.82) is 0 Å². The van der Waals surface area contributed by atoms with Crippen LogP contribution in [0, 0.1) is 0 Å². The molecule has 0 unspecified atom stereocenters. The minimum Gasteiger partial charge on any atom is -0.508 e. The fourth-order valence-electron chi connectivity index (χ4n) is 1.30. The highest BCUT2D eigenvalue weighted by molar-refractivity contribution is 5.89. The van der Waals surface area contributed by atoms with Gasteiger partial charge in [0.25, 0.3) is 0 Å². The van der Waals surface area contributed by atoms with Gasteiger partial charge < -0.3 is 9.84 Å². The van der Waals surface area contributed by atoms with Crippen molar-refractivity contribution in [2.75, 3.05) is 7.11 Å². The van der Waals surface area contributed by atoms with Crippen LogP contribution >= 0.6 is 0 Å². The summed E-state index contributed by atoms with van der Waals surface area (Å²) in [4.78, 5) is 10.8. The number of carbonyl (C=O) groups is 1. The Hall–Kier alpha value is -2.55. The molecule has 0 aliphatic carbocycles. The van der Waals surface area contributed by atoms with E-state index in [2.05, 4.69) is 11.3 Å². The van der Waals surface area contributed by atoms with Gasteiger partial charge >= 0.3 is 5.97 Å². The molecule has 0 spiro atoms. The Morgan fingerprint density at radius 3 is 2.16 bits per heavy atom. The van der Waals surface area contributed by atoms with E-state index in [0.29, 0.717) is 11.3 Å². The Balaban J connectivity index is 0.000000191. The van der Waals surface area contributed by atoms with Gasteiger partial charge in [0.1, 0.15) is 5.75 Å². The molecule has 98 valence electrons. The molecule has 19 heavy (non-hydrogen) atoms. The molecular weight excluding hydrogens is 240 g/mol. The fraction of sp³-hybridized carbons (Fsp3) is 0.0625. The second-order valence-electron chi connectivity index (χ2n) is 3.65. The van der Waals surface area contributed by atoms with Gasteiger partial charge in [0.2, 0.25) is 0 Å². The highest BCUT2D eigenvalue weighted by Crippen LogP contribution is 2.09. The van der Waals surface area contributed by atoms with Gasteiger partial charge in [0, 0.05) is 0 Å². The minimum atomic E-state index is -0.291. The molecular formula is C16H16O3. The second kappa shape index (κ2) is 7.71. The predicted molar refractivity (Wildman–Crippen MR) is 76.0 cm³/mol. The average Bonchev–Trinajstić information content (AvgIpc) is 2.49. The average molecular weight is 256 g/mol. The van der Waals surface area contributed by atoms with Gasteiger partial charge in [-0.1, -0.05) is 43.0 Å². The van der Waals surface area contributed by atoms with Gasteiger partial charge in [0.05, 0.1) is 12.7 Å². The third kappa shape index (κ3) is 5.08. The molecule has 1 N–H and O–H groups in total. The van der Waals surface area contributed by atoms with Crippen molar-refractivity contribution in [3.8, 4) is 5.75 Å². The van der Waals surface area contributed by atoms with Crippen LogP contribution in [0.15, 0.2) is 61.2 Å². The van der Waals surface area contributed by atoms with E-state index < -0.39 is 0 Å². The van der Waals surface area contributed by atoms with Gasteiger partial charge in [0.15, 0.2) is 0 Å². The largest absolute Gasteiger partial charge is 0.508 e. The highest BCUT2D eigenvalue weighted by atomic mass is 16.5. The molecule has 0 aliphatic heterocycles. The first kappa shape index (κ1) is 14.5. The molecule has 0 saturated heterocycles. The van der Waals surface area contributed by atoms with E-state index in [1.807, 2.05) is 18.2 Å². The Morgan fingerprint density at radius 2 is 1.68 bits per heavy atom. The van der Waals surface area contributed by atoms with Crippen LogP contribution in [0.1, 0.15) is 15.9 Å². The molecule has 0 fully saturated rings. The summed E-state index contributed by atoms with van der Waals surface area (Å²) in [6.45, 7) is 3.58. The van der Waals surface area contributed by atoms with Crippen LogP contribution in [0.4, 0.5) is 0 Å². The number of carbonyl (C=O) groups excluding carboxylic acids is 1. The van der Waals surface area contributed by atoms with Crippen LogP contribution in [0.5, 0.6) is 5.75 Å². The first-order valence-corrected chi connectivity index (χ1v) is 5.72. The van der Waals surface area contributed by atoms with Gasteiger partial charge in [-0.2, -0.15) is 0 Å². The molecule has 0 saturated carbocycles. The molecule has 3 heteroatoms. The zero-order valence-electron chi connectivity index (χ0n) is 10.7. The van der Waals surface area contributed by atoms with Crippen molar-refractivity contribution in [3.05, 3.63) is 72.3 Å². The quantitative estimate of drug-likeness (QED) is 0.836. The lowest BCUT2D eigenvalue weighted by Gasteiger charge is -1.95. The SMILES string of the molecule is C=Cc1ccc(O)cc1.COC(=O)c1ccccc1. The molecule has 0 radical (unpaired) electrons. The normalized spacial score (nSPS) is 8.89. The Bertz CT molecular complexity index is 515. The van der Waals surface area contributed by atoms with Crippen LogP contribution in [0.2, 0.25) is 0 Å². The summed E-state index contributed by atoms with van der Waals surface area (Å²) in [7, 11) is 1.37. The molecule has 2 aromatic rings. The number of ether oxygens (including phenoxy) is 1. The van der Waals surface area contributed by atoms with E-state index in [-0.39, 0.29) is 5.97 Å². The lowest BCUT2D eigenvalue weighted by atomic mass is 10.2. The summed E-state index contributed by atoms with van der Waals surface area (Å²) in [6, 6.07) is 15.8. The Labute approximate surface area is 112 Å². The lowest BCUT2D eigenvalue weighted by Crippen LogP contribution is -1.99. The number of aromatic hydroxyl groups is 1. The fourth-order valence-corrected chi connectivity index (χ4v) is 1.30. The van der Waals surface area contributed by atoms with E-state index >= 15 is 0 Å². The van der Waals surface area contributed by atoms with Crippen LogP contribution in [0.3, 0.4) is 0 Å². The number of rotatable bonds is 2. The molecule has 0 heterocycles. The summed E-state index contributed by atoms with van der Waals surface area (Å²) in [5.74, 6) is 0.00111. The Kier molecular flexibility index (Phi) is 5.89. The molecule has 0 aliphatic rings. The number of phenolic OH excluding ortho intramolecular Hbond substituents is 1. The second-order valence-corrected chi connectivity index (χ2v) is 3.65. The maximum Gasteiger partial charge on any atom is 0.337 e. The maximum absolute atomic E-state index is 10.8. The number of methoxy groups -OCH3 is 1. The van der Waals surface area contributed by atoms with Crippen molar-refractivity contribution >= 4 is 12.0 Å². The number of hydrogen-bond acceptors (Lipinski definition) is 3. The number of hydrogen-bond donors (Lipinski definition) is 1. The monoisotopic (exact) mass is 256 g/mol. The van der Waals surface area contributed by atoms with Gasteiger partial charge in [-0.25, -0.2) is 4.79 Å². The molecule has 0 amide bonds. The number of esters is 1. The van der Waals surface area contributed by atoms with Gasteiger partial charge in [-0.3, -0.25) is 0 Å². The first-order valence-electron chi connectivity index (χ1n) is 5.72. The summed E-state index contributed by atoms with van der Waals surface area (Å²) in [5, 5.41) is 8.82. The van der Waals surface area contributed by atoms with Crippen LogP contribution in [-0.2, 0) is 4.74 Å². The van der Waals surface area contributed by atoms with Crippen LogP contribution < -0.4 is 0 Å². The van der Waals surface area contributed by atoms with Crippen LogP contribution in [-0.4, -0.2) is 18.2 Å². The number of benzene rings is 2. The molecule has 0 aromatic heterocycles. The summed E-state index contributed by atoms with van der Waals surface area (Å²) >= 11 is 0. The lowest BCUT2D eigenvalue weighted by molar-refractivity contribution is 0.0600. The molecule has 2 rings (SSSR count). The minimum absolute atomic E-state index is 0.291. The molecule has 0 bridgehead atoms. The third-order valence-electron chi connectivity index (χ3n) is 2.32. The van der Waals surface area contributed by atoms with Crippen molar-refractivity contribution in [2.45, 2.75) is 0 Å². The van der Waals surface area contributed by atoms with E-state index in [0.717, 1.165) is 5.56 Å². The Morgan fingerprint density at radius 1 is 1.11 bits per heavy atom. The van der Waals surface area contributed by atoms with Crippen molar-refractivity contribution < 1.29 is 14.6 Å². The first-order chi connectivity index (χ1) is 9.17. The molecule has 3 nitrogen and oxygen atoms in total. The third-order valence-corrected chi connectivity index (χ3v) is 2.32. The van der Waals surface area contributed by atoms with E-state index in [9.17, 15) is 4.79 Å². The zero-order chi connectivity index (χ0) is 14.1. The molecule has 0 atom stereocenters. The van der Waals surface area contributed by atoms with Crippen molar-refractivity contribution in [2.24, 2.45) is 0 Å². The van der Waals surface area contributed by atoms with Gasteiger partial charge in [-0.15, -0.1) is 0 Å². The predicted octanol–water partition coefficient (Wildman–Crippen LogP) is 3.51. The van der Waals surface area contributed by atoms with E-state index in [1.165, 1.54) is 7.11 Å².